The van der Waals surface area contributed by atoms with Gasteiger partial charge in [0.25, 0.3) is 0 Å². The summed E-state index contributed by atoms with van der Waals surface area (Å²) in [5.74, 6) is 0. The van der Waals surface area contributed by atoms with Crippen LogP contribution < -0.4 is 10.2 Å². The molecule has 0 amide bonds. The highest BCUT2D eigenvalue weighted by Gasteiger charge is 2.33. The topological polar surface area (TPSA) is 15.3 Å². The Kier molecular flexibility index (Phi) is 3.97. The lowest BCUT2D eigenvalue weighted by molar-refractivity contribution is -0.137. The second-order valence-electron chi connectivity index (χ2n) is 5.44. The highest BCUT2D eigenvalue weighted by Crippen LogP contribution is 2.37. The van der Waals surface area contributed by atoms with Gasteiger partial charge in [-0.25, -0.2) is 0 Å². The minimum Gasteiger partial charge on any atom is -0.354 e. The van der Waals surface area contributed by atoms with E-state index in [1.54, 1.807) is 6.92 Å². The Bertz CT molecular complexity index is 623. The average Bonchev–Trinajstić information content (AvgIpc) is 2.27. The maximum Gasteiger partial charge on any atom is 0.416 e. The number of rotatable bonds is 1. The van der Waals surface area contributed by atoms with E-state index in [0.29, 0.717) is 5.11 Å². The number of nitrogens with one attached hydrogen (secondary N) is 1. The lowest BCUT2D eigenvalue weighted by atomic mass is 10.0. The number of hydrogen-bond acceptors (Lipinski definition) is 1. The first-order chi connectivity index (χ1) is 9.51. The van der Waals surface area contributed by atoms with Gasteiger partial charge in [-0.2, -0.15) is 13.2 Å². The van der Waals surface area contributed by atoms with Gasteiger partial charge in [-0.1, -0.05) is 11.6 Å². The zero-order valence-corrected chi connectivity index (χ0v) is 13.2. The summed E-state index contributed by atoms with van der Waals surface area (Å²) < 4.78 is 38.6. The number of alkyl halides is 3. The predicted octanol–water partition coefficient (Wildman–Crippen LogP) is 4.74. The molecule has 1 aromatic carbocycles. The van der Waals surface area contributed by atoms with Crippen molar-refractivity contribution in [3.63, 3.8) is 0 Å². The van der Waals surface area contributed by atoms with E-state index in [0.717, 1.165) is 17.8 Å². The molecule has 0 aliphatic carbocycles. The fraction of sp³-hybridized carbons (Fsp3) is 0.357. The second kappa shape index (κ2) is 5.18. The molecular weight excluding hydrogens is 321 g/mol. The van der Waals surface area contributed by atoms with Crippen LogP contribution in [-0.4, -0.2) is 10.7 Å². The van der Waals surface area contributed by atoms with Crippen LogP contribution in [0.25, 0.3) is 0 Å². The molecule has 0 saturated heterocycles. The van der Waals surface area contributed by atoms with Crippen molar-refractivity contribution in [3.05, 3.63) is 40.6 Å². The van der Waals surface area contributed by atoms with E-state index in [2.05, 4.69) is 5.32 Å². The van der Waals surface area contributed by atoms with Gasteiger partial charge in [-0.05, 0) is 57.3 Å². The van der Waals surface area contributed by atoms with E-state index in [1.807, 2.05) is 19.9 Å². The number of nitrogens with zero attached hydrogens (tertiary/aromatic N) is 1. The van der Waals surface area contributed by atoms with Crippen LogP contribution in [0.2, 0.25) is 5.02 Å². The van der Waals surface area contributed by atoms with Crippen LogP contribution in [0.4, 0.5) is 18.9 Å². The molecule has 0 spiro atoms. The first kappa shape index (κ1) is 16.1. The molecule has 0 unspecified atom stereocenters. The molecule has 21 heavy (non-hydrogen) atoms. The van der Waals surface area contributed by atoms with Crippen molar-refractivity contribution in [3.8, 4) is 0 Å². The molecule has 1 N–H and O–H groups in total. The van der Waals surface area contributed by atoms with Gasteiger partial charge in [0.05, 0.1) is 21.8 Å². The Morgan fingerprint density at radius 2 is 1.90 bits per heavy atom. The van der Waals surface area contributed by atoms with Crippen molar-refractivity contribution < 1.29 is 13.2 Å². The molecule has 0 fully saturated rings. The fourth-order valence-electron chi connectivity index (χ4n) is 2.27. The lowest BCUT2D eigenvalue weighted by Gasteiger charge is -2.38. The summed E-state index contributed by atoms with van der Waals surface area (Å²) in [6.45, 7) is 5.63. The van der Waals surface area contributed by atoms with Gasteiger partial charge in [0.1, 0.15) is 0 Å². The summed E-state index contributed by atoms with van der Waals surface area (Å²) in [6.07, 6.45) is -2.54. The summed E-state index contributed by atoms with van der Waals surface area (Å²) in [5.41, 5.74) is -0.174. The van der Waals surface area contributed by atoms with Crippen molar-refractivity contribution in [1.29, 1.82) is 0 Å². The minimum atomic E-state index is -4.43. The molecule has 1 aliphatic heterocycles. The van der Waals surface area contributed by atoms with Gasteiger partial charge in [-0.3, -0.25) is 4.90 Å². The van der Waals surface area contributed by atoms with Crippen LogP contribution in [0.5, 0.6) is 0 Å². The Morgan fingerprint density at radius 1 is 1.29 bits per heavy atom. The van der Waals surface area contributed by atoms with E-state index in [4.69, 9.17) is 23.8 Å². The Labute approximate surface area is 131 Å². The van der Waals surface area contributed by atoms with Crippen molar-refractivity contribution in [2.45, 2.75) is 32.5 Å². The van der Waals surface area contributed by atoms with Gasteiger partial charge in [0, 0.05) is 5.70 Å². The van der Waals surface area contributed by atoms with Crippen LogP contribution in [-0.2, 0) is 6.18 Å². The summed E-state index contributed by atoms with van der Waals surface area (Å²) in [5, 5.41) is 3.59. The third-order valence-corrected chi connectivity index (χ3v) is 3.67. The van der Waals surface area contributed by atoms with Crippen LogP contribution >= 0.6 is 23.8 Å². The SMILES string of the molecule is CC1=CC(C)(C)NC(=S)N1c1cc(C(F)(F)F)ccc1Cl. The monoisotopic (exact) mass is 334 g/mol. The highest BCUT2D eigenvalue weighted by molar-refractivity contribution is 7.80. The molecule has 0 radical (unpaired) electrons. The number of thiocarbonyl (C=S) groups is 1. The Morgan fingerprint density at radius 3 is 2.43 bits per heavy atom. The third-order valence-electron chi connectivity index (χ3n) is 3.07. The molecule has 1 heterocycles. The van der Waals surface area contributed by atoms with Gasteiger partial charge in [0.15, 0.2) is 5.11 Å². The summed E-state index contributed by atoms with van der Waals surface area (Å²) in [7, 11) is 0. The zero-order chi connectivity index (χ0) is 16.0. The summed E-state index contributed by atoms with van der Waals surface area (Å²) >= 11 is 11.3. The molecule has 1 aromatic rings. The standard InChI is InChI=1S/C14H14ClF3N2S/c1-8-7-13(2,3)19-12(21)20(8)11-6-9(14(16,17)18)4-5-10(11)15/h4-7H,1-3H3,(H,19,21). The van der Waals surface area contributed by atoms with Crippen molar-refractivity contribution in [2.24, 2.45) is 0 Å². The largest absolute Gasteiger partial charge is 0.416 e. The Hall–Kier alpha value is -1.27. The number of allylic oxidation sites excluding steroid dienone is 1. The van der Waals surface area contributed by atoms with E-state index in [-0.39, 0.29) is 16.2 Å². The van der Waals surface area contributed by atoms with Crippen molar-refractivity contribution >= 4 is 34.6 Å². The van der Waals surface area contributed by atoms with Crippen LogP contribution in [0.3, 0.4) is 0 Å². The predicted molar refractivity (Wildman–Crippen MR) is 82.5 cm³/mol. The summed E-state index contributed by atoms with van der Waals surface area (Å²) in [6, 6.07) is 3.19. The minimum absolute atomic E-state index is 0.208. The third kappa shape index (κ3) is 3.32. The second-order valence-corrected chi connectivity index (χ2v) is 6.23. The molecule has 0 saturated carbocycles. The number of anilines is 1. The van der Waals surface area contributed by atoms with Crippen LogP contribution in [0.1, 0.15) is 26.3 Å². The molecule has 2 nitrogen and oxygen atoms in total. The van der Waals surface area contributed by atoms with Gasteiger partial charge < -0.3 is 5.32 Å². The van der Waals surface area contributed by atoms with E-state index >= 15 is 0 Å². The lowest BCUT2D eigenvalue weighted by Crippen LogP contribution is -2.53. The normalized spacial score (nSPS) is 18.3. The Balaban J connectivity index is 2.54. The first-order valence-corrected chi connectivity index (χ1v) is 6.98. The number of benzene rings is 1. The number of halogens is 4. The van der Waals surface area contributed by atoms with E-state index < -0.39 is 11.7 Å². The molecule has 114 valence electrons. The fourth-order valence-corrected chi connectivity index (χ4v) is 2.98. The molecular formula is C14H14ClF3N2S. The van der Waals surface area contributed by atoms with E-state index in [1.165, 1.54) is 11.0 Å². The van der Waals surface area contributed by atoms with Crippen molar-refractivity contribution in [1.82, 2.24) is 5.32 Å². The average molecular weight is 335 g/mol. The molecule has 7 heteroatoms. The highest BCUT2D eigenvalue weighted by atomic mass is 35.5. The molecule has 1 aliphatic rings. The van der Waals surface area contributed by atoms with E-state index in [9.17, 15) is 13.2 Å². The zero-order valence-electron chi connectivity index (χ0n) is 11.7. The molecule has 0 bridgehead atoms. The first-order valence-electron chi connectivity index (χ1n) is 6.20. The van der Waals surface area contributed by atoms with Gasteiger partial charge in [-0.15, -0.1) is 0 Å². The van der Waals surface area contributed by atoms with Crippen LogP contribution in [0.15, 0.2) is 30.0 Å². The quantitative estimate of drug-likeness (QED) is 0.747. The maximum absolute atomic E-state index is 12.9. The van der Waals surface area contributed by atoms with Crippen molar-refractivity contribution in [2.75, 3.05) is 4.90 Å². The summed E-state index contributed by atoms with van der Waals surface area (Å²) in [4.78, 5) is 1.51. The van der Waals surface area contributed by atoms with Gasteiger partial charge in [0.2, 0.25) is 0 Å². The molecule has 0 aromatic heterocycles. The van der Waals surface area contributed by atoms with Crippen LogP contribution in [0, 0.1) is 0 Å². The van der Waals surface area contributed by atoms with Gasteiger partial charge >= 0.3 is 6.18 Å². The number of hydrogen-bond donors (Lipinski definition) is 1. The molecule has 2 rings (SSSR count). The smallest absolute Gasteiger partial charge is 0.354 e. The molecule has 0 atom stereocenters. The maximum atomic E-state index is 12.9.